The first-order valence-corrected chi connectivity index (χ1v) is 7.40. The van der Waals surface area contributed by atoms with Crippen LogP contribution < -0.4 is 10.1 Å². The zero-order valence-electron chi connectivity index (χ0n) is 12.7. The fourth-order valence-corrected chi connectivity index (χ4v) is 2.76. The molecule has 1 aliphatic heterocycles. The highest BCUT2D eigenvalue weighted by atomic mass is 19.1. The van der Waals surface area contributed by atoms with Crippen molar-refractivity contribution in [3.63, 3.8) is 0 Å². The monoisotopic (exact) mass is 280 g/mol. The Morgan fingerprint density at radius 2 is 2.05 bits per heavy atom. The normalized spacial score (nSPS) is 17.6. The molecule has 1 aliphatic rings. The maximum Gasteiger partial charge on any atom is 0.123 e. The van der Waals surface area contributed by atoms with Crippen molar-refractivity contribution in [2.24, 2.45) is 0 Å². The molecule has 0 aromatic heterocycles. The van der Waals surface area contributed by atoms with Crippen LogP contribution in [0.2, 0.25) is 0 Å². The van der Waals surface area contributed by atoms with E-state index >= 15 is 0 Å². The maximum atomic E-state index is 13.3. The van der Waals surface area contributed by atoms with E-state index in [1.54, 1.807) is 19.2 Å². The van der Waals surface area contributed by atoms with Crippen molar-refractivity contribution in [3.8, 4) is 5.75 Å². The lowest BCUT2D eigenvalue weighted by atomic mass is 10.0. The first-order valence-electron chi connectivity index (χ1n) is 7.40. The minimum atomic E-state index is -0.211. The quantitative estimate of drug-likeness (QED) is 0.897. The van der Waals surface area contributed by atoms with Gasteiger partial charge in [0, 0.05) is 24.2 Å². The number of methoxy groups -OCH3 is 1. The highest BCUT2D eigenvalue weighted by Gasteiger charge is 2.20. The van der Waals surface area contributed by atoms with Crippen LogP contribution in [0.25, 0.3) is 0 Å². The zero-order chi connectivity index (χ0) is 14.5. The van der Waals surface area contributed by atoms with E-state index in [0.717, 1.165) is 37.2 Å². The average molecular weight is 280 g/mol. The molecule has 1 fully saturated rings. The second kappa shape index (κ2) is 7.04. The predicted molar refractivity (Wildman–Crippen MR) is 79.5 cm³/mol. The summed E-state index contributed by atoms with van der Waals surface area (Å²) < 4.78 is 18.6. The SMILES string of the molecule is COc1ccc(F)cc1CNC1CCN(C(C)C)CC1. The molecule has 0 unspecified atom stereocenters. The van der Waals surface area contributed by atoms with Crippen LogP contribution in [-0.4, -0.2) is 37.2 Å². The molecule has 0 amide bonds. The molecular weight excluding hydrogens is 255 g/mol. The van der Waals surface area contributed by atoms with E-state index in [1.165, 1.54) is 6.07 Å². The smallest absolute Gasteiger partial charge is 0.123 e. The van der Waals surface area contributed by atoms with E-state index in [2.05, 4.69) is 24.1 Å². The number of benzene rings is 1. The van der Waals surface area contributed by atoms with Crippen LogP contribution in [0.4, 0.5) is 4.39 Å². The topological polar surface area (TPSA) is 24.5 Å². The number of nitrogens with zero attached hydrogens (tertiary/aromatic N) is 1. The van der Waals surface area contributed by atoms with E-state index < -0.39 is 0 Å². The molecule has 1 aromatic rings. The molecule has 0 saturated carbocycles. The highest BCUT2D eigenvalue weighted by Crippen LogP contribution is 2.20. The summed E-state index contributed by atoms with van der Waals surface area (Å²) >= 11 is 0. The molecule has 1 saturated heterocycles. The van der Waals surface area contributed by atoms with Gasteiger partial charge in [0.1, 0.15) is 11.6 Å². The largest absolute Gasteiger partial charge is 0.496 e. The molecule has 0 spiro atoms. The Labute approximate surface area is 121 Å². The number of ether oxygens (including phenoxy) is 1. The van der Waals surface area contributed by atoms with Crippen molar-refractivity contribution in [2.75, 3.05) is 20.2 Å². The third-order valence-electron chi connectivity index (χ3n) is 4.08. The van der Waals surface area contributed by atoms with E-state index in [4.69, 9.17) is 4.74 Å². The Balaban J connectivity index is 1.86. The van der Waals surface area contributed by atoms with E-state index in [0.29, 0.717) is 18.6 Å². The standard InChI is InChI=1S/C16H25FN2O/c1-12(2)19-8-6-15(7-9-19)18-11-13-10-14(17)4-5-16(13)20-3/h4-5,10,12,15,18H,6-9,11H2,1-3H3. The van der Waals surface area contributed by atoms with Gasteiger partial charge in [0.25, 0.3) is 0 Å². The van der Waals surface area contributed by atoms with E-state index in [-0.39, 0.29) is 5.82 Å². The molecule has 0 atom stereocenters. The predicted octanol–water partition coefficient (Wildman–Crippen LogP) is 2.80. The number of hydrogen-bond acceptors (Lipinski definition) is 3. The van der Waals surface area contributed by atoms with Crippen LogP contribution in [0.5, 0.6) is 5.75 Å². The fraction of sp³-hybridized carbons (Fsp3) is 0.625. The number of likely N-dealkylation sites (tertiary alicyclic amines) is 1. The lowest BCUT2D eigenvalue weighted by molar-refractivity contribution is 0.160. The van der Waals surface area contributed by atoms with Crippen molar-refractivity contribution < 1.29 is 9.13 Å². The summed E-state index contributed by atoms with van der Waals surface area (Å²) in [6.45, 7) is 7.41. The first-order chi connectivity index (χ1) is 9.60. The lowest BCUT2D eigenvalue weighted by Gasteiger charge is -2.35. The van der Waals surface area contributed by atoms with Crippen LogP contribution in [-0.2, 0) is 6.54 Å². The number of nitrogens with one attached hydrogen (secondary N) is 1. The zero-order valence-corrected chi connectivity index (χ0v) is 12.7. The number of piperidine rings is 1. The Kier molecular flexibility index (Phi) is 5.38. The van der Waals surface area contributed by atoms with Gasteiger partial charge in [-0.15, -0.1) is 0 Å². The Hall–Kier alpha value is -1.13. The molecule has 112 valence electrons. The van der Waals surface area contributed by atoms with Crippen molar-refractivity contribution in [1.29, 1.82) is 0 Å². The molecule has 4 heteroatoms. The van der Waals surface area contributed by atoms with E-state index in [1.807, 2.05) is 0 Å². The average Bonchev–Trinajstić information content (AvgIpc) is 2.45. The first kappa shape index (κ1) is 15.3. The number of hydrogen-bond donors (Lipinski definition) is 1. The highest BCUT2D eigenvalue weighted by molar-refractivity contribution is 5.33. The molecule has 0 radical (unpaired) electrons. The summed E-state index contributed by atoms with van der Waals surface area (Å²) in [5.74, 6) is 0.538. The summed E-state index contributed by atoms with van der Waals surface area (Å²) in [6.07, 6.45) is 2.30. The van der Waals surface area contributed by atoms with Crippen molar-refractivity contribution in [3.05, 3.63) is 29.6 Å². The Morgan fingerprint density at radius 1 is 1.35 bits per heavy atom. The summed E-state index contributed by atoms with van der Waals surface area (Å²) in [4.78, 5) is 2.50. The van der Waals surface area contributed by atoms with Gasteiger partial charge in [-0.25, -0.2) is 4.39 Å². The van der Waals surface area contributed by atoms with Crippen LogP contribution in [0.15, 0.2) is 18.2 Å². The van der Waals surface area contributed by atoms with Crippen molar-refractivity contribution >= 4 is 0 Å². The van der Waals surface area contributed by atoms with E-state index in [9.17, 15) is 4.39 Å². The summed E-state index contributed by atoms with van der Waals surface area (Å²) in [5, 5.41) is 3.53. The van der Waals surface area contributed by atoms with Crippen LogP contribution >= 0.6 is 0 Å². The molecule has 0 bridgehead atoms. The second-order valence-corrected chi connectivity index (χ2v) is 5.74. The Morgan fingerprint density at radius 3 is 2.65 bits per heavy atom. The summed E-state index contributed by atoms with van der Waals surface area (Å²) in [6, 6.07) is 5.81. The molecule has 1 heterocycles. The molecule has 0 aliphatic carbocycles. The maximum absolute atomic E-state index is 13.3. The third-order valence-corrected chi connectivity index (χ3v) is 4.08. The van der Waals surface area contributed by atoms with Gasteiger partial charge in [-0.05, 0) is 58.0 Å². The van der Waals surface area contributed by atoms with Gasteiger partial charge < -0.3 is 15.0 Å². The van der Waals surface area contributed by atoms with Gasteiger partial charge in [-0.1, -0.05) is 0 Å². The molecule has 20 heavy (non-hydrogen) atoms. The summed E-state index contributed by atoms with van der Waals surface area (Å²) in [5.41, 5.74) is 0.888. The van der Waals surface area contributed by atoms with Gasteiger partial charge in [0.15, 0.2) is 0 Å². The van der Waals surface area contributed by atoms with Gasteiger partial charge in [0.05, 0.1) is 7.11 Å². The van der Waals surface area contributed by atoms with Crippen molar-refractivity contribution in [1.82, 2.24) is 10.2 Å². The number of rotatable bonds is 5. The molecular formula is C16H25FN2O. The minimum absolute atomic E-state index is 0.211. The van der Waals surface area contributed by atoms with Gasteiger partial charge in [0.2, 0.25) is 0 Å². The number of halogens is 1. The van der Waals surface area contributed by atoms with Gasteiger partial charge in [-0.3, -0.25) is 0 Å². The van der Waals surface area contributed by atoms with Gasteiger partial charge in [-0.2, -0.15) is 0 Å². The minimum Gasteiger partial charge on any atom is -0.496 e. The van der Waals surface area contributed by atoms with Crippen LogP contribution in [0.3, 0.4) is 0 Å². The second-order valence-electron chi connectivity index (χ2n) is 5.74. The molecule has 1 N–H and O–H groups in total. The van der Waals surface area contributed by atoms with Crippen molar-refractivity contribution in [2.45, 2.75) is 45.3 Å². The lowest BCUT2D eigenvalue weighted by Crippen LogP contribution is -2.44. The van der Waals surface area contributed by atoms with Crippen LogP contribution in [0.1, 0.15) is 32.3 Å². The van der Waals surface area contributed by atoms with Gasteiger partial charge >= 0.3 is 0 Å². The summed E-state index contributed by atoms with van der Waals surface area (Å²) in [7, 11) is 1.62. The fourth-order valence-electron chi connectivity index (χ4n) is 2.76. The molecule has 3 nitrogen and oxygen atoms in total. The third kappa shape index (κ3) is 3.93. The van der Waals surface area contributed by atoms with Crippen LogP contribution in [0, 0.1) is 5.82 Å². The molecule has 1 aromatic carbocycles. The molecule has 2 rings (SSSR count). The Bertz CT molecular complexity index is 428.